The molecule has 28 heavy (non-hydrogen) atoms. The molecule has 0 unspecified atom stereocenters. The zero-order valence-electron chi connectivity index (χ0n) is 16.4. The van der Waals surface area contributed by atoms with Gasteiger partial charge < -0.3 is 4.57 Å². The maximum Gasteiger partial charge on any atom is 0.175 e. The standard InChI is InChI=1S/C25H24FOP/c1-25(2,3)24(19-16-20-14-17-21(26)18-15-20)28(27,22-10-6-4-7-11-22)23-12-8-5-9-13-23/h4-18H,1-3H3. The zero-order chi connectivity index (χ0) is 20.2. The van der Waals surface area contributed by atoms with Crippen LogP contribution < -0.4 is 10.6 Å². The lowest BCUT2D eigenvalue weighted by molar-refractivity contribution is 0.518. The van der Waals surface area contributed by atoms with Crippen molar-refractivity contribution in [2.75, 3.05) is 0 Å². The molecule has 0 aliphatic rings. The smallest absolute Gasteiger partial charge is 0.175 e. The summed E-state index contributed by atoms with van der Waals surface area (Å²) >= 11 is 0. The Bertz CT molecular complexity index is 996. The fraction of sp³-hybridized carbons (Fsp3) is 0.160. The highest BCUT2D eigenvalue weighted by Crippen LogP contribution is 2.57. The van der Waals surface area contributed by atoms with E-state index in [1.165, 1.54) is 12.1 Å². The molecule has 0 fully saturated rings. The van der Waals surface area contributed by atoms with Gasteiger partial charge in [-0.05, 0) is 29.2 Å². The molecule has 0 saturated carbocycles. The van der Waals surface area contributed by atoms with Crippen molar-refractivity contribution in [1.29, 1.82) is 0 Å². The van der Waals surface area contributed by atoms with Crippen LogP contribution in [0.15, 0.2) is 96.0 Å². The highest BCUT2D eigenvalue weighted by Gasteiger charge is 2.38. The van der Waals surface area contributed by atoms with E-state index in [1.807, 2.05) is 81.4 Å². The number of halogens is 1. The van der Waals surface area contributed by atoms with Crippen LogP contribution in [-0.2, 0) is 4.57 Å². The summed E-state index contributed by atoms with van der Waals surface area (Å²) in [5, 5.41) is 2.30. The predicted molar refractivity (Wildman–Crippen MR) is 117 cm³/mol. The van der Waals surface area contributed by atoms with Crippen molar-refractivity contribution < 1.29 is 8.96 Å². The second-order valence-corrected chi connectivity index (χ2v) is 10.4. The van der Waals surface area contributed by atoms with Gasteiger partial charge in [0.1, 0.15) is 5.82 Å². The summed E-state index contributed by atoms with van der Waals surface area (Å²) in [6.45, 7) is 6.14. The Hall–Kier alpha value is -2.66. The third kappa shape index (κ3) is 4.25. The van der Waals surface area contributed by atoms with Crippen LogP contribution in [0.25, 0.3) is 6.08 Å². The molecule has 0 saturated heterocycles. The molecular formula is C25H24FOP. The highest BCUT2D eigenvalue weighted by molar-refractivity contribution is 7.82. The molecule has 0 amide bonds. The SMILES string of the molecule is CC(C)(C)C(=C=Cc1ccc(F)cc1)P(=O)(c1ccccc1)c1ccccc1. The molecular weight excluding hydrogens is 366 g/mol. The predicted octanol–water partition coefficient (Wildman–Crippen LogP) is 6.38. The van der Waals surface area contributed by atoms with Crippen LogP contribution in [0.1, 0.15) is 26.3 Å². The average Bonchev–Trinajstić information content (AvgIpc) is 2.69. The normalized spacial score (nSPS) is 11.6. The first-order valence-corrected chi connectivity index (χ1v) is 11.0. The van der Waals surface area contributed by atoms with Crippen LogP contribution in [0.3, 0.4) is 0 Å². The Kier molecular flexibility index (Phi) is 5.84. The molecule has 0 bridgehead atoms. The van der Waals surface area contributed by atoms with Gasteiger partial charge in [-0.3, -0.25) is 0 Å². The first kappa shape index (κ1) is 20.1. The second-order valence-electron chi connectivity index (χ2n) is 7.72. The molecule has 0 spiro atoms. The summed E-state index contributed by atoms with van der Waals surface area (Å²) in [7, 11) is -3.10. The summed E-state index contributed by atoms with van der Waals surface area (Å²) in [5.41, 5.74) is 3.78. The number of allylic oxidation sites excluding steroid dienone is 1. The van der Waals surface area contributed by atoms with Gasteiger partial charge in [-0.1, -0.05) is 93.6 Å². The quantitative estimate of drug-likeness (QED) is 0.373. The summed E-state index contributed by atoms with van der Waals surface area (Å²) in [6, 6.07) is 25.4. The van der Waals surface area contributed by atoms with Crippen molar-refractivity contribution in [3.05, 3.63) is 107 Å². The van der Waals surface area contributed by atoms with Gasteiger partial charge in [-0.15, -0.1) is 5.73 Å². The van der Waals surface area contributed by atoms with Crippen LogP contribution in [0.2, 0.25) is 0 Å². The first-order valence-electron chi connectivity index (χ1n) is 9.26. The fourth-order valence-electron chi connectivity index (χ4n) is 3.17. The van der Waals surface area contributed by atoms with Crippen LogP contribution in [0.5, 0.6) is 0 Å². The summed E-state index contributed by atoms with van der Waals surface area (Å²) in [5.74, 6) is -0.281. The van der Waals surface area contributed by atoms with E-state index in [0.717, 1.165) is 21.5 Å². The molecule has 0 atom stereocenters. The minimum absolute atomic E-state index is 0.281. The molecule has 3 aromatic rings. The van der Waals surface area contributed by atoms with Crippen LogP contribution in [0.4, 0.5) is 4.39 Å². The topological polar surface area (TPSA) is 17.1 Å². The number of benzene rings is 3. The molecule has 0 radical (unpaired) electrons. The lowest BCUT2D eigenvalue weighted by atomic mass is 9.96. The molecule has 3 aromatic carbocycles. The van der Waals surface area contributed by atoms with Gasteiger partial charge in [0, 0.05) is 15.9 Å². The summed E-state index contributed by atoms with van der Waals surface area (Å²) in [4.78, 5) is 0. The Balaban J connectivity index is 2.29. The van der Waals surface area contributed by atoms with E-state index < -0.39 is 7.14 Å². The third-order valence-corrected chi connectivity index (χ3v) is 7.99. The summed E-state index contributed by atoms with van der Waals surface area (Å²) < 4.78 is 27.9. The van der Waals surface area contributed by atoms with E-state index in [4.69, 9.17) is 0 Å². The molecule has 0 aromatic heterocycles. The van der Waals surface area contributed by atoms with Crippen molar-refractivity contribution in [1.82, 2.24) is 0 Å². The average molecular weight is 390 g/mol. The maximum absolute atomic E-state index is 14.7. The zero-order valence-corrected chi connectivity index (χ0v) is 17.3. The van der Waals surface area contributed by atoms with E-state index in [0.29, 0.717) is 0 Å². The van der Waals surface area contributed by atoms with Gasteiger partial charge in [-0.2, -0.15) is 0 Å². The Labute approximate surface area is 166 Å². The lowest BCUT2D eigenvalue weighted by Gasteiger charge is -2.30. The number of rotatable bonds is 4. The van der Waals surface area contributed by atoms with Gasteiger partial charge >= 0.3 is 0 Å². The van der Waals surface area contributed by atoms with Crippen LogP contribution in [0, 0.1) is 11.2 Å². The molecule has 0 aliphatic heterocycles. The third-order valence-electron chi connectivity index (χ3n) is 4.51. The fourth-order valence-corrected chi connectivity index (χ4v) is 6.36. The Morgan fingerprint density at radius 2 is 1.29 bits per heavy atom. The van der Waals surface area contributed by atoms with Crippen molar-refractivity contribution in [3.63, 3.8) is 0 Å². The van der Waals surface area contributed by atoms with E-state index in [1.54, 1.807) is 18.2 Å². The van der Waals surface area contributed by atoms with E-state index in [2.05, 4.69) is 5.73 Å². The molecule has 1 nitrogen and oxygen atoms in total. The van der Waals surface area contributed by atoms with Crippen LogP contribution >= 0.6 is 7.14 Å². The van der Waals surface area contributed by atoms with Crippen molar-refractivity contribution in [3.8, 4) is 0 Å². The second kappa shape index (κ2) is 8.15. The van der Waals surface area contributed by atoms with E-state index in [9.17, 15) is 8.96 Å². The molecule has 3 rings (SSSR count). The van der Waals surface area contributed by atoms with Gasteiger partial charge in [0.2, 0.25) is 0 Å². The summed E-state index contributed by atoms with van der Waals surface area (Å²) in [6.07, 6.45) is 1.79. The van der Waals surface area contributed by atoms with Gasteiger partial charge in [-0.25, -0.2) is 4.39 Å². The molecule has 3 heteroatoms. The number of hydrogen-bond donors (Lipinski definition) is 0. The molecule has 0 N–H and O–H groups in total. The monoisotopic (exact) mass is 390 g/mol. The van der Waals surface area contributed by atoms with Crippen molar-refractivity contribution >= 4 is 23.8 Å². The maximum atomic E-state index is 14.7. The Morgan fingerprint density at radius 3 is 1.71 bits per heavy atom. The van der Waals surface area contributed by atoms with E-state index >= 15 is 0 Å². The Morgan fingerprint density at radius 1 is 0.821 bits per heavy atom. The van der Waals surface area contributed by atoms with Crippen molar-refractivity contribution in [2.45, 2.75) is 20.8 Å². The van der Waals surface area contributed by atoms with Crippen LogP contribution in [-0.4, -0.2) is 0 Å². The van der Waals surface area contributed by atoms with Gasteiger partial charge in [0.05, 0.1) is 0 Å². The van der Waals surface area contributed by atoms with E-state index in [-0.39, 0.29) is 11.2 Å². The van der Waals surface area contributed by atoms with Gasteiger partial charge in [0.25, 0.3) is 0 Å². The molecule has 142 valence electrons. The number of hydrogen-bond acceptors (Lipinski definition) is 1. The highest BCUT2D eigenvalue weighted by atomic mass is 31.2. The largest absolute Gasteiger partial charge is 0.308 e. The lowest BCUT2D eigenvalue weighted by Crippen LogP contribution is -2.23. The molecule has 0 aliphatic carbocycles. The molecule has 0 heterocycles. The minimum Gasteiger partial charge on any atom is -0.308 e. The van der Waals surface area contributed by atoms with Gasteiger partial charge in [0.15, 0.2) is 7.14 Å². The van der Waals surface area contributed by atoms with Crippen molar-refractivity contribution in [2.24, 2.45) is 5.41 Å². The first-order chi connectivity index (χ1) is 13.3. The minimum atomic E-state index is -3.10.